The number of aromatic nitrogens is 1. The van der Waals surface area contributed by atoms with Crippen LogP contribution in [0.3, 0.4) is 0 Å². The second kappa shape index (κ2) is 10.6. The number of benzene rings is 1. The average Bonchev–Trinajstić information content (AvgIpc) is 2.71. The first-order valence-corrected chi connectivity index (χ1v) is 10.2. The van der Waals surface area contributed by atoms with Crippen LogP contribution in [0.25, 0.3) is 0 Å². The molecule has 28 heavy (non-hydrogen) atoms. The number of fused-ring (bicyclic) bond motifs is 1. The summed E-state index contributed by atoms with van der Waals surface area (Å²) in [7, 11) is -1.88. The summed E-state index contributed by atoms with van der Waals surface area (Å²) in [5, 5.41) is 6.49. The number of aliphatic imine (C=N–C) groups is 1. The molecular formula is C18H24IN5O3S. The van der Waals surface area contributed by atoms with Gasteiger partial charge < -0.3 is 15.4 Å². The molecule has 0 bridgehead atoms. The molecule has 0 amide bonds. The molecule has 1 aliphatic heterocycles. The molecule has 2 aromatic rings. The number of rotatable bonds is 6. The van der Waals surface area contributed by atoms with E-state index in [1.54, 1.807) is 13.1 Å². The highest BCUT2D eigenvalue weighted by molar-refractivity contribution is 14.0. The van der Waals surface area contributed by atoms with E-state index in [-0.39, 0.29) is 41.5 Å². The first-order chi connectivity index (χ1) is 13.1. The van der Waals surface area contributed by atoms with Crippen LogP contribution in [0.5, 0.6) is 5.75 Å². The number of hydrogen-bond acceptors (Lipinski definition) is 5. The average molecular weight is 517 g/mol. The molecular weight excluding hydrogens is 493 g/mol. The second-order valence-corrected chi connectivity index (χ2v) is 7.72. The summed E-state index contributed by atoms with van der Waals surface area (Å²) < 4.78 is 32.5. The highest BCUT2D eigenvalue weighted by Crippen LogP contribution is 2.31. The van der Waals surface area contributed by atoms with Gasteiger partial charge in [0.2, 0.25) is 10.0 Å². The van der Waals surface area contributed by atoms with E-state index in [1.807, 2.05) is 24.3 Å². The molecule has 10 heteroatoms. The number of nitrogens with zero attached hydrogens (tertiary/aromatic N) is 2. The zero-order valence-corrected chi connectivity index (χ0v) is 18.6. The first-order valence-electron chi connectivity index (χ1n) is 8.69. The summed E-state index contributed by atoms with van der Waals surface area (Å²) in [4.78, 5) is 8.19. The van der Waals surface area contributed by atoms with E-state index in [9.17, 15) is 8.42 Å². The molecule has 2 heterocycles. The lowest BCUT2D eigenvalue weighted by Crippen LogP contribution is -2.43. The van der Waals surface area contributed by atoms with Gasteiger partial charge in [-0.05, 0) is 18.2 Å². The Morgan fingerprint density at radius 3 is 2.82 bits per heavy atom. The van der Waals surface area contributed by atoms with E-state index < -0.39 is 10.0 Å². The number of ether oxygens (including phenoxy) is 1. The summed E-state index contributed by atoms with van der Waals surface area (Å²) in [6.45, 7) is 1.25. The Labute approximate surface area is 182 Å². The molecule has 1 aromatic carbocycles. The second-order valence-electron chi connectivity index (χ2n) is 5.96. The lowest BCUT2D eigenvalue weighted by Gasteiger charge is -2.28. The summed E-state index contributed by atoms with van der Waals surface area (Å²) >= 11 is 0. The van der Waals surface area contributed by atoms with Crippen molar-refractivity contribution < 1.29 is 13.2 Å². The molecule has 3 N–H and O–H groups in total. The van der Waals surface area contributed by atoms with Crippen LogP contribution in [0, 0.1) is 0 Å². The van der Waals surface area contributed by atoms with Gasteiger partial charge in [-0.15, -0.1) is 24.0 Å². The third-order valence-electron chi connectivity index (χ3n) is 4.15. The van der Waals surface area contributed by atoms with Gasteiger partial charge in [-0.3, -0.25) is 9.98 Å². The molecule has 0 aliphatic carbocycles. The van der Waals surface area contributed by atoms with Crippen molar-refractivity contribution in [1.29, 1.82) is 0 Å². The zero-order valence-electron chi connectivity index (χ0n) is 15.5. The molecule has 0 saturated heterocycles. The standard InChI is InChI=1S/C18H23N5O3S.HI/c1-19-18(23-16-8-12-26-17-7-3-2-6-15(16)17)21-10-11-22-27(24,25)14-5-4-9-20-13-14;/h2-7,9,13,16,22H,8,10-12H2,1H3,(H2,19,21,23);1H. The number of nitrogens with one attached hydrogen (secondary N) is 3. The van der Waals surface area contributed by atoms with Gasteiger partial charge in [-0.2, -0.15) is 0 Å². The first kappa shape index (κ1) is 22.4. The smallest absolute Gasteiger partial charge is 0.242 e. The molecule has 1 aliphatic rings. The van der Waals surface area contributed by atoms with Crippen LogP contribution in [-0.2, 0) is 10.0 Å². The normalized spacial score (nSPS) is 16.3. The van der Waals surface area contributed by atoms with E-state index in [2.05, 4.69) is 25.3 Å². The summed E-state index contributed by atoms with van der Waals surface area (Å²) in [5.74, 6) is 1.48. The number of para-hydroxylation sites is 1. The van der Waals surface area contributed by atoms with Gasteiger partial charge in [0.15, 0.2) is 5.96 Å². The van der Waals surface area contributed by atoms with Gasteiger partial charge in [0.1, 0.15) is 10.6 Å². The van der Waals surface area contributed by atoms with Crippen molar-refractivity contribution in [2.45, 2.75) is 17.4 Å². The summed E-state index contributed by atoms with van der Waals surface area (Å²) in [5.41, 5.74) is 1.09. The van der Waals surface area contributed by atoms with Crippen LogP contribution >= 0.6 is 24.0 Å². The Morgan fingerprint density at radius 1 is 1.25 bits per heavy atom. The SMILES string of the molecule is CN=C(NCCNS(=O)(=O)c1cccnc1)NC1CCOc2ccccc21.I. The van der Waals surface area contributed by atoms with E-state index in [4.69, 9.17) is 4.74 Å². The summed E-state index contributed by atoms with van der Waals surface area (Å²) in [6.07, 6.45) is 3.68. The van der Waals surface area contributed by atoms with Crippen molar-refractivity contribution in [3.8, 4) is 5.75 Å². The molecule has 0 fully saturated rings. The maximum Gasteiger partial charge on any atom is 0.242 e. The fraction of sp³-hybridized carbons (Fsp3) is 0.333. The van der Waals surface area contributed by atoms with Crippen LogP contribution in [0.2, 0.25) is 0 Å². The van der Waals surface area contributed by atoms with Gasteiger partial charge >= 0.3 is 0 Å². The van der Waals surface area contributed by atoms with Crippen LogP contribution in [-0.4, -0.2) is 46.1 Å². The molecule has 8 nitrogen and oxygen atoms in total. The number of halogens is 1. The van der Waals surface area contributed by atoms with Crippen molar-refractivity contribution in [1.82, 2.24) is 20.3 Å². The Morgan fingerprint density at radius 2 is 2.07 bits per heavy atom. The Kier molecular flexibility index (Phi) is 8.45. The van der Waals surface area contributed by atoms with Crippen LogP contribution in [0.1, 0.15) is 18.0 Å². The lowest BCUT2D eigenvalue weighted by molar-refractivity contribution is 0.261. The van der Waals surface area contributed by atoms with Crippen LogP contribution < -0.4 is 20.1 Å². The minimum absolute atomic E-state index is 0. The van der Waals surface area contributed by atoms with Crippen molar-refractivity contribution in [3.63, 3.8) is 0 Å². The van der Waals surface area contributed by atoms with Gasteiger partial charge in [0, 0.05) is 44.5 Å². The van der Waals surface area contributed by atoms with E-state index >= 15 is 0 Å². The molecule has 0 saturated carbocycles. The Balaban J connectivity index is 0.00000280. The zero-order chi connectivity index (χ0) is 19.1. The van der Waals surface area contributed by atoms with Gasteiger partial charge in [0.05, 0.1) is 12.6 Å². The molecule has 3 rings (SSSR count). The van der Waals surface area contributed by atoms with Crippen molar-refractivity contribution in [3.05, 3.63) is 54.4 Å². The summed E-state index contributed by atoms with van der Waals surface area (Å²) in [6, 6.07) is 11.1. The maximum absolute atomic E-state index is 12.2. The fourth-order valence-electron chi connectivity index (χ4n) is 2.81. The molecule has 1 unspecified atom stereocenters. The van der Waals surface area contributed by atoms with Gasteiger partial charge in [-0.25, -0.2) is 13.1 Å². The van der Waals surface area contributed by atoms with Gasteiger partial charge in [-0.1, -0.05) is 18.2 Å². The highest BCUT2D eigenvalue weighted by atomic mass is 127. The quantitative estimate of drug-likeness (QED) is 0.233. The third-order valence-corrected chi connectivity index (χ3v) is 5.59. The van der Waals surface area contributed by atoms with E-state index in [1.165, 1.54) is 18.5 Å². The van der Waals surface area contributed by atoms with Crippen molar-refractivity contribution in [2.24, 2.45) is 4.99 Å². The van der Waals surface area contributed by atoms with Gasteiger partial charge in [0.25, 0.3) is 0 Å². The number of hydrogen-bond donors (Lipinski definition) is 3. The lowest BCUT2D eigenvalue weighted by atomic mass is 10.0. The Bertz CT molecular complexity index is 893. The highest BCUT2D eigenvalue weighted by Gasteiger charge is 2.21. The van der Waals surface area contributed by atoms with E-state index in [0.717, 1.165) is 17.7 Å². The van der Waals surface area contributed by atoms with Crippen LogP contribution in [0.4, 0.5) is 0 Å². The topological polar surface area (TPSA) is 105 Å². The number of guanidine groups is 1. The largest absolute Gasteiger partial charge is 0.493 e. The van der Waals surface area contributed by atoms with Crippen molar-refractivity contribution in [2.75, 3.05) is 26.7 Å². The molecule has 1 aromatic heterocycles. The molecule has 0 radical (unpaired) electrons. The maximum atomic E-state index is 12.2. The minimum atomic E-state index is -3.56. The van der Waals surface area contributed by atoms with Crippen molar-refractivity contribution >= 4 is 40.0 Å². The monoisotopic (exact) mass is 517 g/mol. The number of sulfonamides is 1. The predicted octanol–water partition coefficient (Wildman–Crippen LogP) is 1.67. The Hall–Kier alpha value is -1.92. The number of pyridine rings is 1. The predicted molar refractivity (Wildman–Crippen MR) is 119 cm³/mol. The van der Waals surface area contributed by atoms with E-state index in [0.29, 0.717) is 19.1 Å². The minimum Gasteiger partial charge on any atom is -0.493 e. The fourth-order valence-corrected chi connectivity index (χ4v) is 3.80. The molecule has 1 atom stereocenters. The third kappa shape index (κ3) is 5.79. The van der Waals surface area contributed by atoms with Crippen LogP contribution in [0.15, 0.2) is 58.7 Å². The molecule has 0 spiro atoms. The molecule has 152 valence electrons.